The Hall–Kier alpha value is -3.23. The number of phosphoric acid groups is 1. The molecule has 0 radical (unpaired) electrons. The van der Waals surface area contributed by atoms with Crippen molar-refractivity contribution in [1.29, 1.82) is 0 Å². The summed E-state index contributed by atoms with van der Waals surface area (Å²) in [7, 11) is -4.28. The number of nitrogens with zero attached hydrogens (tertiary/aromatic N) is 4. The Morgan fingerprint density at radius 3 is 2.66 bits per heavy atom. The summed E-state index contributed by atoms with van der Waals surface area (Å²) in [6.07, 6.45) is -2.79. The van der Waals surface area contributed by atoms with Crippen LogP contribution in [0.5, 0.6) is 0 Å². The number of carbonyl (C=O) groups excluding carboxylic acids is 1. The number of benzene rings is 1. The summed E-state index contributed by atoms with van der Waals surface area (Å²) in [5, 5.41) is 0. The van der Waals surface area contributed by atoms with E-state index in [4.69, 9.17) is 33.5 Å². The van der Waals surface area contributed by atoms with E-state index >= 15 is 0 Å². The van der Waals surface area contributed by atoms with E-state index in [1.54, 1.807) is 13.8 Å². The second kappa shape index (κ2) is 8.92. The van der Waals surface area contributed by atoms with Gasteiger partial charge in [-0.3, -0.25) is 18.1 Å². The van der Waals surface area contributed by atoms with Gasteiger partial charge in [0.25, 0.3) is 0 Å². The summed E-state index contributed by atoms with van der Waals surface area (Å²) in [6.45, 7) is 2.91. The standard InChI is InChI=1S/C22H22F2N5O8P/c1-22(2)6-13(10-3-11(23)5-12(24)4-10)36-38(31,37-22)32-7-14-16-17(35-21(30)34-16)20(33-14)29-9-28-15-18(25)26-8-27-19(15)29/h3-5,8-9,13-14,16-17,20H,6-7H2,1-2H3,(H2,25,26,27)/t13-,14+,16+,17+,20+,38?/m0/s1. The molecule has 3 aliphatic rings. The average molecular weight is 553 g/mol. The van der Waals surface area contributed by atoms with Crippen LogP contribution in [0.25, 0.3) is 11.2 Å². The number of ether oxygens (including phenoxy) is 3. The molecule has 0 saturated carbocycles. The van der Waals surface area contributed by atoms with Gasteiger partial charge in [0.1, 0.15) is 29.6 Å². The minimum atomic E-state index is -4.28. The molecule has 2 aromatic heterocycles. The lowest BCUT2D eigenvalue weighted by Crippen LogP contribution is -2.35. The number of fused-ring (bicyclic) bond motifs is 2. The maximum absolute atomic E-state index is 13.8. The van der Waals surface area contributed by atoms with Crippen LogP contribution in [0.15, 0.2) is 30.9 Å². The number of phosphoric ester groups is 1. The lowest BCUT2D eigenvalue weighted by Gasteiger charge is -2.39. The Morgan fingerprint density at radius 1 is 1.16 bits per heavy atom. The summed E-state index contributed by atoms with van der Waals surface area (Å²) < 4.78 is 76.2. The summed E-state index contributed by atoms with van der Waals surface area (Å²) in [6, 6.07) is 2.91. The molecule has 3 fully saturated rings. The molecule has 5 heterocycles. The van der Waals surface area contributed by atoms with Crippen LogP contribution in [-0.2, 0) is 32.3 Å². The molecule has 13 nitrogen and oxygen atoms in total. The van der Waals surface area contributed by atoms with Gasteiger partial charge in [-0.15, -0.1) is 0 Å². The Kier molecular flexibility index (Phi) is 5.88. The van der Waals surface area contributed by atoms with Crippen molar-refractivity contribution in [2.75, 3.05) is 12.3 Å². The largest absolute Gasteiger partial charge is 0.509 e. The van der Waals surface area contributed by atoms with Crippen molar-refractivity contribution in [3.63, 3.8) is 0 Å². The molecule has 38 heavy (non-hydrogen) atoms. The summed E-state index contributed by atoms with van der Waals surface area (Å²) >= 11 is 0. The Morgan fingerprint density at radius 2 is 1.89 bits per heavy atom. The van der Waals surface area contributed by atoms with Crippen molar-refractivity contribution in [1.82, 2.24) is 19.5 Å². The second-order valence-electron chi connectivity index (χ2n) is 9.66. The Balaban J connectivity index is 1.23. The van der Waals surface area contributed by atoms with Crippen molar-refractivity contribution in [3.05, 3.63) is 48.1 Å². The highest BCUT2D eigenvalue weighted by Crippen LogP contribution is 2.62. The first-order valence-electron chi connectivity index (χ1n) is 11.6. The number of imidazole rings is 1. The fraction of sp³-hybridized carbons (Fsp3) is 0.455. The van der Waals surface area contributed by atoms with Crippen LogP contribution >= 0.6 is 7.82 Å². The predicted molar refractivity (Wildman–Crippen MR) is 122 cm³/mol. The van der Waals surface area contributed by atoms with Crippen LogP contribution in [-0.4, -0.2) is 56.2 Å². The summed E-state index contributed by atoms with van der Waals surface area (Å²) in [4.78, 5) is 24.2. The monoisotopic (exact) mass is 553 g/mol. The fourth-order valence-electron chi connectivity index (χ4n) is 4.80. The van der Waals surface area contributed by atoms with Gasteiger partial charge >= 0.3 is 14.0 Å². The van der Waals surface area contributed by atoms with Crippen LogP contribution in [0.1, 0.15) is 38.2 Å². The number of aromatic nitrogens is 4. The molecule has 202 valence electrons. The SMILES string of the molecule is CC1(C)C[C@@H](c2cc(F)cc(F)c2)OP(=O)(OC[C@H]2O[C@@H](n3cnc4c(N)ncnc43)[C@@H]3OC(=O)O[C@@H]32)O1. The topological polar surface area (TPSA) is 159 Å². The fourth-order valence-corrected chi connectivity index (χ4v) is 6.48. The molecule has 0 spiro atoms. The zero-order valence-corrected chi connectivity index (χ0v) is 20.9. The van der Waals surface area contributed by atoms with Crippen molar-refractivity contribution < 1.29 is 45.9 Å². The van der Waals surface area contributed by atoms with Gasteiger partial charge in [-0.25, -0.2) is 33.1 Å². The molecule has 0 bridgehead atoms. The van der Waals surface area contributed by atoms with Gasteiger partial charge < -0.3 is 19.9 Å². The molecule has 6 rings (SSSR count). The van der Waals surface area contributed by atoms with Gasteiger partial charge in [-0.1, -0.05) is 0 Å². The summed E-state index contributed by atoms with van der Waals surface area (Å²) in [5.74, 6) is -1.45. The maximum Gasteiger partial charge on any atom is 0.509 e. The molecule has 0 aliphatic carbocycles. The molecular formula is C22H22F2N5O8P. The molecule has 0 amide bonds. The number of carbonyl (C=O) groups is 1. The van der Waals surface area contributed by atoms with E-state index in [2.05, 4.69) is 15.0 Å². The quantitative estimate of drug-likeness (QED) is 0.362. The van der Waals surface area contributed by atoms with E-state index in [1.807, 2.05) is 0 Å². The number of hydrogen-bond acceptors (Lipinski definition) is 12. The molecule has 1 unspecified atom stereocenters. The normalized spacial score (nSPS) is 32.2. The lowest BCUT2D eigenvalue weighted by atomic mass is 9.96. The zero-order chi connectivity index (χ0) is 26.8. The van der Waals surface area contributed by atoms with Crippen LogP contribution in [0.3, 0.4) is 0 Å². The van der Waals surface area contributed by atoms with Gasteiger partial charge in [-0.05, 0) is 31.5 Å². The molecule has 2 N–H and O–H groups in total. The highest BCUT2D eigenvalue weighted by molar-refractivity contribution is 7.48. The molecule has 1 aromatic carbocycles. The zero-order valence-electron chi connectivity index (χ0n) is 20.0. The van der Waals surface area contributed by atoms with E-state index < -0.39 is 68.5 Å². The van der Waals surface area contributed by atoms with Crippen molar-refractivity contribution in [2.24, 2.45) is 0 Å². The highest BCUT2D eigenvalue weighted by atomic mass is 31.2. The average Bonchev–Trinajstić information content (AvgIpc) is 3.50. The number of anilines is 1. The summed E-state index contributed by atoms with van der Waals surface area (Å²) in [5.41, 5.74) is 5.65. The molecule has 16 heteroatoms. The smallest absolute Gasteiger partial charge is 0.424 e. The highest BCUT2D eigenvalue weighted by Gasteiger charge is 2.56. The third-order valence-corrected chi connectivity index (χ3v) is 8.05. The minimum absolute atomic E-state index is 0.145. The molecule has 3 saturated heterocycles. The van der Waals surface area contributed by atoms with E-state index in [0.29, 0.717) is 11.2 Å². The Bertz CT molecular complexity index is 1450. The number of rotatable bonds is 5. The number of hydrogen-bond donors (Lipinski definition) is 1. The lowest BCUT2D eigenvalue weighted by molar-refractivity contribution is -0.0880. The van der Waals surface area contributed by atoms with Gasteiger partial charge in [0, 0.05) is 12.5 Å². The Labute approximate surface area is 213 Å². The first kappa shape index (κ1) is 25.1. The van der Waals surface area contributed by atoms with Crippen LogP contribution in [0, 0.1) is 11.6 Å². The second-order valence-corrected chi connectivity index (χ2v) is 11.2. The molecule has 3 aromatic rings. The molecule has 6 atom stereocenters. The van der Waals surface area contributed by atoms with Crippen LogP contribution < -0.4 is 5.73 Å². The number of nitrogens with two attached hydrogens (primary N) is 1. The van der Waals surface area contributed by atoms with Crippen molar-refractivity contribution in [3.8, 4) is 0 Å². The van der Waals surface area contributed by atoms with E-state index in [-0.39, 0.29) is 17.8 Å². The minimum Gasteiger partial charge on any atom is -0.424 e. The van der Waals surface area contributed by atoms with E-state index in [1.165, 1.54) is 17.2 Å². The van der Waals surface area contributed by atoms with Gasteiger partial charge in [0.15, 0.2) is 29.9 Å². The third-order valence-electron chi connectivity index (χ3n) is 6.36. The van der Waals surface area contributed by atoms with Crippen LogP contribution in [0.2, 0.25) is 0 Å². The van der Waals surface area contributed by atoms with Crippen molar-refractivity contribution in [2.45, 2.75) is 56.5 Å². The molecular weight excluding hydrogens is 531 g/mol. The predicted octanol–water partition coefficient (Wildman–Crippen LogP) is 3.57. The number of nitrogen functional groups attached to an aromatic ring is 1. The first-order chi connectivity index (χ1) is 18.0. The number of halogens is 2. The van der Waals surface area contributed by atoms with Crippen molar-refractivity contribution >= 4 is 31.0 Å². The maximum atomic E-state index is 13.8. The van der Waals surface area contributed by atoms with Gasteiger partial charge in [0.05, 0.1) is 24.6 Å². The molecule has 3 aliphatic heterocycles. The van der Waals surface area contributed by atoms with E-state index in [0.717, 1.165) is 18.2 Å². The third kappa shape index (κ3) is 4.50. The van der Waals surface area contributed by atoms with E-state index in [9.17, 15) is 18.1 Å². The van der Waals surface area contributed by atoms with Gasteiger partial charge in [0.2, 0.25) is 0 Å². The van der Waals surface area contributed by atoms with Crippen LogP contribution in [0.4, 0.5) is 19.4 Å². The first-order valence-corrected chi connectivity index (χ1v) is 13.0. The van der Waals surface area contributed by atoms with Gasteiger partial charge in [-0.2, -0.15) is 0 Å².